The number of esters is 4. The van der Waals surface area contributed by atoms with E-state index in [0.717, 1.165) is 186 Å². The van der Waals surface area contributed by atoms with E-state index in [1.807, 2.05) is 12.2 Å². The standard InChI is InChI=1S/C83H136O17P2/c1-5-9-13-17-21-25-29-32-35-37-38-40-42-45-49-52-56-60-64-68-81(86)94-74-79(100-83(88)70-66-62-58-54-50-46-43-39-36-33-30-26-22-18-14-10-6-2)76-98-102(91,92)96-72-77(84)71-95-101(89,90)97-75-78(99-82(87)69-65-61-57-53-47-28-24-20-16-12-8-4)73-93-80(85)67-63-59-55-51-48-44-41-34-31-27-23-19-15-11-7-3/h9-11,13-15,20-27,32-36,38,40-41,43,46,54,58,77-79,84H,5-8,12,16-19,28-31,37,39,42,44-45,47-53,55-57,59-76H2,1-4H3,(H,89,90)(H,91,92)/b13-9-,14-10-,15-11-,24-20-,25-21-,26-22-,27-23-,35-32-,36-33-,40-38-,41-34-,46-43-,58-54-. The van der Waals surface area contributed by atoms with Crippen molar-refractivity contribution in [3.8, 4) is 0 Å². The maximum Gasteiger partial charge on any atom is 0.472 e. The summed E-state index contributed by atoms with van der Waals surface area (Å²) < 4.78 is 68.4. The van der Waals surface area contributed by atoms with Gasteiger partial charge in [-0.1, -0.05) is 263 Å². The summed E-state index contributed by atoms with van der Waals surface area (Å²) in [6.45, 7) is 4.37. The van der Waals surface area contributed by atoms with Gasteiger partial charge in [0.25, 0.3) is 0 Å². The number of hydrogen-bond acceptors (Lipinski definition) is 15. The first-order chi connectivity index (χ1) is 49.7. The molecule has 0 aromatic carbocycles. The van der Waals surface area contributed by atoms with E-state index in [-0.39, 0.29) is 25.7 Å². The van der Waals surface area contributed by atoms with Crippen molar-refractivity contribution >= 4 is 39.5 Å². The number of phosphoric ester groups is 2. The first-order valence-corrected chi connectivity index (χ1v) is 41.7. The van der Waals surface area contributed by atoms with Gasteiger partial charge in [0, 0.05) is 25.7 Å². The molecule has 0 heterocycles. The lowest BCUT2D eigenvalue weighted by Crippen LogP contribution is -2.30. The van der Waals surface area contributed by atoms with Gasteiger partial charge in [-0.3, -0.25) is 37.3 Å². The Hall–Kier alpha value is -5.32. The predicted molar refractivity (Wildman–Crippen MR) is 417 cm³/mol. The minimum Gasteiger partial charge on any atom is -0.462 e. The topological polar surface area (TPSA) is 237 Å². The molecule has 0 radical (unpaired) electrons. The van der Waals surface area contributed by atoms with Gasteiger partial charge in [-0.05, 0) is 154 Å². The van der Waals surface area contributed by atoms with Crippen molar-refractivity contribution in [3.63, 3.8) is 0 Å². The van der Waals surface area contributed by atoms with Crippen LogP contribution in [0.25, 0.3) is 0 Å². The number of rotatable bonds is 71. The molecular weight excluding hydrogens is 1330 g/mol. The van der Waals surface area contributed by atoms with Gasteiger partial charge in [0.05, 0.1) is 26.4 Å². The van der Waals surface area contributed by atoms with Gasteiger partial charge in [-0.2, -0.15) is 0 Å². The molecule has 0 aromatic heterocycles. The van der Waals surface area contributed by atoms with E-state index in [2.05, 4.69) is 174 Å². The Kier molecular flexibility index (Phi) is 70.1. The van der Waals surface area contributed by atoms with E-state index in [0.29, 0.717) is 32.1 Å². The van der Waals surface area contributed by atoms with Gasteiger partial charge in [0.15, 0.2) is 12.2 Å². The molecule has 5 atom stereocenters. The maximum atomic E-state index is 13.1. The normalized spacial score (nSPS) is 14.8. The molecule has 0 bridgehead atoms. The smallest absolute Gasteiger partial charge is 0.462 e. The van der Waals surface area contributed by atoms with Crippen molar-refractivity contribution in [1.82, 2.24) is 0 Å². The Morgan fingerprint density at radius 2 is 0.520 bits per heavy atom. The van der Waals surface area contributed by atoms with Gasteiger partial charge < -0.3 is 33.8 Å². The summed E-state index contributed by atoms with van der Waals surface area (Å²) >= 11 is 0. The molecule has 3 N–H and O–H groups in total. The average Bonchev–Trinajstić information content (AvgIpc) is 0.927. The van der Waals surface area contributed by atoms with Gasteiger partial charge in [0.2, 0.25) is 0 Å². The summed E-state index contributed by atoms with van der Waals surface area (Å²) in [5.41, 5.74) is 0. The van der Waals surface area contributed by atoms with Crippen LogP contribution in [0.15, 0.2) is 158 Å². The van der Waals surface area contributed by atoms with Crippen LogP contribution in [0.2, 0.25) is 0 Å². The summed E-state index contributed by atoms with van der Waals surface area (Å²) in [4.78, 5) is 72.9. The van der Waals surface area contributed by atoms with Crippen molar-refractivity contribution < 1.29 is 80.2 Å². The van der Waals surface area contributed by atoms with Gasteiger partial charge in [-0.15, -0.1) is 0 Å². The minimum atomic E-state index is -5.00. The van der Waals surface area contributed by atoms with Gasteiger partial charge in [-0.25, -0.2) is 9.13 Å². The van der Waals surface area contributed by atoms with Crippen molar-refractivity contribution in [3.05, 3.63) is 158 Å². The number of allylic oxidation sites excluding steroid dienone is 26. The Labute approximate surface area is 617 Å². The third-order valence-electron chi connectivity index (χ3n) is 15.5. The van der Waals surface area contributed by atoms with Gasteiger partial charge in [0.1, 0.15) is 19.3 Å². The molecule has 102 heavy (non-hydrogen) atoms. The number of phosphoric acid groups is 2. The molecule has 580 valence electrons. The fourth-order valence-corrected chi connectivity index (χ4v) is 11.2. The molecular formula is C83H136O17P2. The summed E-state index contributed by atoms with van der Waals surface area (Å²) in [6.07, 6.45) is 85.3. The quantitative estimate of drug-likeness (QED) is 0.0169. The number of ether oxygens (including phenoxy) is 4. The Morgan fingerprint density at radius 3 is 0.833 bits per heavy atom. The largest absolute Gasteiger partial charge is 0.472 e. The lowest BCUT2D eigenvalue weighted by Gasteiger charge is -2.21. The Bertz CT molecular complexity index is 2550. The van der Waals surface area contributed by atoms with E-state index in [9.17, 15) is 43.2 Å². The summed E-state index contributed by atoms with van der Waals surface area (Å²) in [5, 5.41) is 10.6. The second-order valence-electron chi connectivity index (χ2n) is 25.1. The third kappa shape index (κ3) is 73.0. The van der Waals surface area contributed by atoms with Crippen LogP contribution in [-0.4, -0.2) is 96.7 Å². The maximum absolute atomic E-state index is 13.1. The van der Waals surface area contributed by atoms with Crippen LogP contribution in [0.4, 0.5) is 0 Å². The van der Waals surface area contributed by atoms with E-state index < -0.39 is 97.5 Å². The Morgan fingerprint density at radius 1 is 0.284 bits per heavy atom. The summed E-state index contributed by atoms with van der Waals surface area (Å²) in [6, 6.07) is 0. The number of aliphatic hydroxyl groups is 1. The number of hydrogen-bond donors (Lipinski definition) is 3. The molecule has 0 saturated carbocycles. The van der Waals surface area contributed by atoms with E-state index in [4.69, 9.17) is 37.0 Å². The zero-order valence-corrected chi connectivity index (χ0v) is 65.0. The molecule has 0 aliphatic rings. The van der Waals surface area contributed by atoms with Crippen LogP contribution in [0.3, 0.4) is 0 Å². The first kappa shape index (κ1) is 96.7. The molecule has 0 rings (SSSR count). The molecule has 0 amide bonds. The lowest BCUT2D eigenvalue weighted by atomic mass is 10.1. The number of unbranched alkanes of at least 4 members (excludes halogenated alkanes) is 19. The highest BCUT2D eigenvalue weighted by molar-refractivity contribution is 7.47. The van der Waals surface area contributed by atoms with Crippen LogP contribution < -0.4 is 0 Å². The fourth-order valence-electron chi connectivity index (χ4n) is 9.65. The number of carbonyl (C=O) groups is 4. The zero-order valence-electron chi connectivity index (χ0n) is 63.2. The van der Waals surface area contributed by atoms with Crippen molar-refractivity contribution in [2.75, 3.05) is 39.6 Å². The SMILES string of the molecule is CC/C=C\C/C=C\C/C=C\C/C=C\C/C=C\CCCC(=O)OC(COC(=O)CCCCCCCC/C=C\C/C=C\C/C=C\C/C=C\CC)COP(=O)(O)OCC(O)COP(=O)(O)OCC(COC(=O)CCCCCCC/C=C\C/C=C\C/C=C\CC)OC(=O)CCCCCCC/C=C\CCCC. The number of carbonyl (C=O) groups excluding carboxylic acids is 4. The molecule has 0 fully saturated rings. The van der Waals surface area contributed by atoms with Crippen LogP contribution in [0.5, 0.6) is 0 Å². The molecule has 0 spiro atoms. The highest BCUT2D eigenvalue weighted by Gasteiger charge is 2.30. The molecule has 0 aliphatic carbocycles. The third-order valence-corrected chi connectivity index (χ3v) is 17.4. The van der Waals surface area contributed by atoms with Crippen LogP contribution in [-0.2, 0) is 65.4 Å². The number of aliphatic hydroxyl groups excluding tert-OH is 1. The highest BCUT2D eigenvalue weighted by atomic mass is 31.2. The molecule has 17 nitrogen and oxygen atoms in total. The van der Waals surface area contributed by atoms with E-state index in [1.165, 1.54) is 12.8 Å². The monoisotopic (exact) mass is 1470 g/mol. The van der Waals surface area contributed by atoms with Crippen molar-refractivity contribution in [1.29, 1.82) is 0 Å². The molecule has 0 aliphatic heterocycles. The lowest BCUT2D eigenvalue weighted by molar-refractivity contribution is -0.161. The Balaban J connectivity index is 5.42. The molecule has 0 saturated heterocycles. The molecule has 19 heteroatoms. The molecule has 5 unspecified atom stereocenters. The van der Waals surface area contributed by atoms with Crippen LogP contribution in [0, 0.1) is 0 Å². The van der Waals surface area contributed by atoms with Crippen LogP contribution in [0.1, 0.15) is 285 Å². The van der Waals surface area contributed by atoms with E-state index >= 15 is 0 Å². The summed E-state index contributed by atoms with van der Waals surface area (Å²) in [5.74, 6) is -2.30. The van der Waals surface area contributed by atoms with E-state index in [1.54, 1.807) is 0 Å². The fraction of sp³-hybridized carbons (Fsp3) is 0.639. The van der Waals surface area contributed by atoms with Crippen molar-refractivity contribution in [2.24, 2.45) is 0 Å². The first-order valence-electron chi connectivity index (χ1n) is 38.7. The van der Waals surface area contributed by atoms with Crippen LogP contribution >= 0.6 is 15.6 Å². The molecule has 0 aromatic rings. The van der Waals surface area contributed by atoms with Crippen molar-refractivity contribution in [2.45, 2.75) is 303 Å². The minimum absolute atomic E-state index is 0.00763. The summed E-state index contributed by atoms with van der Waals surface area (Å²) in [7, 11) is -9.99. The van der Waals surface area contributed by atoms with Gasteiger partial charge >= 0.3 is 39.5 Å². The highest BCUT2D eigenvalue weighted by Crippen LogP contribution is 2.45. The zero-order chi connectivity index (χ0) is 74.6. The predicted octanol–water partition coefficient (Wildman–Crippen LogP) is 22.4. The average molecular weight is 1470 g/mol. The second kappa shape index (κ2) is 74.0. The second-order valence-corrected chi connectivity index (χ2v) is 28.1.